The highest BCUT2D eigenvalue weighted by Gasteiger charge is 2.40. The molecular formula is C23H40O5. The number of carbonyl (C=O) groups is 2. The number of aliphatic hydroxyl groups excluding tert-OH is 2. The molecule has 0 saturated heterocycles. The Kier molecular flexibility index (Phi) is 11.0. The number of aliphatic hydroxyl groups is 2. The fourth-order valence-corrected chi connectivity index (χ4v) is 3.92. The summed E-state index contributed by atoms with van der Waals surface area (Å²) in [6.45, 7) is 6.11. The predicted molar refractivity (Wildman–Crippen MR) is 111 cm³/mol. The highest BCUT2D eigenvalue weighted by Crippen LogP contribution is 2.36. The first-order chi connectivity index (χ1) is 13.2. The van der Waals surface area contributed by atoms with Gasteiger partial charge in [-0.1, -0.05) is 65.0 Å². The molecule has 0 amide bonds. The van der Waals surface area contributed by atoms with Crippen LogP contribution < -0.4 is 0 Å². The molecule has 0 heterocycles. The van der Waals surface area contributed by atoms with Crippen molar-refractivity contribution >= 4 is 11.8 Å². The van der Waals surface area contributed by atoms with Crippen molar-refractivity contribution in [2.24, 2.45) is 17.3 Å². The predicted octanol–water partition coefficient (Wildman–Crippen LogP) is 4.20. The van der Waals surface area contributed by atoms with Crippen LogP contribution in [0.2, 0.25) is 0 Å². The standard InChI is InChI=1S/C23H40O5/c1-5-6-12-21(26)23(2,3)15-14-18-17(19(24)16-20(18)25)11-9-7-8-10-13-22(27)28-4/h14-15,17-18,20-21,25-26H,5-13,16H2,1-4H3/b15-14+/t17-,18-,20-,21?/m1/s1. The smallest absolute Gasteiger partial charge is 0.305 e. The molecule has 2 N–H and O–H groups in total. The van der Waals surface area contributed by atoms with Crippen LogP contribution in [0, 0.1) is 17.3 Å². The van der Waals surface area contributed by atoms with Gasteiger partial charge in [0, 0.05) is 30.1 Å². The Bertz CT molecular complexity index is 511. The first-order valence-electron chi connectivity index (χ1n) is 10.9. The number of rotatable bonds is 13. The lowest BCUT2D eigenvalue weighted by atomic mass is 9.81. The Balaban J connectivity index is 2.54. The summed E-state index contributed by atoms with van der Waals surface area (Å²) in [7, 11) is 1.40. The zero-order chi connectivity index (χ0) is 21.2. The summed E-state index contributed by atoms with van der Waals surface area (Å²) in [6.07, 6.45) is 10.8. The summed E-state index contributed by atoms with van der Waals surface area (Å²) in [5.74, 6) is -0.347. The zero-order valence-corrected chi connectivity index (χ0v) is 18.2. The monoisotopic (exact) mass is 396 g/mol. The number of methoxy groups -OCH3 is 1. The third kappa shape index (κ3) is 8.04. The molecule has 1 saturated carbocycles. The summed E-state index contributed by atoms with van der Waals surface area (Å²) in [6, 6.07) is 0. The van der Waals surface area contributed by atoms with Gasteiger partial charge < -0.3 is 14.9 Å². The summed E-state index contributed by atoms with van der Waals surface area (Å²) in [4.78, 5) is 23.5. The Morgan fingerprint density at radius 2 is 1.93 bits per heavy atom. The van der Waals surface area contributed by atoms with Gasteiger partial charge in [0.15, 0.2) is 0 Å². The van der Waals surface area contributed by atoms with Gasteiger partial charge in [-0.2, -0.15) is 0 Å². The van der Waals surface area contributed by atoms with Crippen molar-refractivity contribution in [2.45, 2.75) is 97.2 Å². The van der Waals surface area contributed by atoms with Gasteiger partial charge in [0.2, 0.25) is 0 Å². The topological polar surface area (TPSA) is 83.8 Å². The second-order valence-corrected chi connectivity index (χ2v) is 8.79. The molecule has 1 unspecified atom stereocenters. The van der Waals surface area contributed by atoms with Crippen LogP contribution in [0.1, 0.15) is 85.0 Å². The van der Waals surface area contributed by atoms with Gasteiger partial charge in [-0.25, -0.2) is 0 Å². The number of hydrogen-bond donors (Lipinski definition) is 2. The van der Waals surface area contributed by atoms with Gasteiger partial charge in [0.05, 0.1) is 19.3 Å². The summed E-state index contributed by atoms with van der Waals surface area (Å²) in [5.41, 5.74) is -0.376. The lowest BCUT2D eigenvalue weighted by Gasteiger charge is -2.28. The van der Waals surface area contributed by atoms with Gasteiger partial charge in [-0.3, -0.25) is 9.59 Å². The largest absolute Gasteiger partial charge is 0.469 e. The maximum absolute atomic E-state index is 12.3. The van der Waals surface area contributed by atoms with E-state index in [0.29, 0.717) is 6.42 Å². The highest BCUT2D eigenvalue weighted by molar-refractivity contribution is 5.84. The SMILES string of the molecule is CCCCC(O)C(C)(C)/C=C/[C@H]1[C@H](O)CC(=O)[C@@H]1CCCCCCC(=O)OC. The third-order valence-electron chi connectivity index (χ3n) is 6.04. The van der Waals surface area contributed by atoms with E-state index in [4.69, 9.17) is 0 Å². The highest BCUT2D eigenvalue weighted by atomic mass is 16.5. The number of esters is 1. The average molecular weight is 397 g/mol. The van der Waals surface area contributed by atoms with Crippen molar-refractivity contribution in [3.63, 3.8) is 0 Å². The van der Waals surface area contributed by atoms with Crippen LogP contribution in [0.5, 0.6) is 0 Å². The molecule has 1 aliphatic carbocycles. The Morgan fingerprint density at radius 1 is 1.25 bits per heavy atom. The van der Waals surface area contributed by atoms with Crippen LogP contribution in [0.4, 0.5) is 0 Å². The van der Waals surface area contributed by atoms with Crippen molar-refractivity contribution in [1.29, 1.82) is 0 Å². The molecule has 0 bridgehead atoms. The van der Waals surface area contributed by atoms with E-state index < -0.39 is 12.2 Å². The van der Waals surface area contributed by atoms with Crippen molar-refractivity contribution in [2.75, 3.05) is 7.11 Å². The second-order valence-electron chi connectivity index (χ2n) is 8.79. The zero-order valence-electron chi connectivity index (χ0n) is 18.2. The molecule has 1 aliphatic rings. The molecule has 4 atom stereocenters. The molecule has 0 aromatic carbocycles. The Labute approximate surface area is 170 Å². The van der Waals surface area contributed by atoms with E-state index in [-0.39, 0.29) is 35.4 Å². The maximum Gasteiger partial charge on any atom is 0.305 e. The number of ketones is 1. The van der Waals surface area contributed by atoms with Gasteiger partial charge in [-0.05, 0) is 19.3 Å². The van der Waals surface area contributed by atoms with E-state index in [0.717, 1.165) is 51.4 Å². The summed E-state index contributed by atoms with van der Waals surface area (Å²) in [5, 5.41) is 20.8. The van der Waals surface area contributed by atoms with E-state index in [1.165, 1.54) is 7.11 Å². The lowest BCUT2D eigenvalue weighted by molar-refractivity contribution is -0.140. The summed E-state index contributed by atoms with van der Waals surface area (Å²) < 4.78 is 4.63. The van der Waals surface area contributed by atoms with Crippen molar-refractivity contribution < 1.29 is 24.5 Å². The molecule has 0 radical (unpaired) electrons. The lowest BCUT2D eigenvalue weighted by Crippen LogP contribution is -2.28. The van der Waals surface area contributed by atoms with E-state index in [2.05, 4.69) is 11.7 Å². The van der Waals surface area contributed by atoms with Gasteiger partial charge in [0.25, 0.3) is 0 Å². The van der Waals surface area contributed by atoms with Crippen LogP contribution >= 0.6 is 0 Å². The number of Topliss-reactive ketones (excluding diaryl/α,β-unsaturated/α-hetero) is 1. The first-order valence-corrected chi connectivity index (χ1v) is 10.9. The number of ether oxygens (including phenoxy) is 1. The summed E-state index contributed by atoms with van der Waals surface area (Å²) >= 11 is 0. The van der Waals surface area contributed by atoms with E-state index >= 15 is 0 Å². The molecule has 28 heavy (non-hydrogen) atoms. The Hall–Kier alpha value is -1.20. The minimum Gasteiger partial charge on any atom is -0.469 e. The first kappa shape index (κ1) is 24.8. The molecular weight excluding hydrogens is 356 g/mol. The quantitative estimate of drug-likeness (QED) is 0.277. The second kappa shape index (κ2) is 12.4. The molecule has 0 aromatic rings. The molecule has 0 spiro atoms. The molecule has 162 valence electrons. The molecule has 5 heteroatoms. The number of unbranched alkanes of at least 4 members (excludes halogenated alkanes) is 4. The molecule has 1 fully saturated rings. The van der Waals surface area contributed by atoms with Crippen LogP contribution in [-0.2, 0) is 14.3 Å². The maximum atomic E-state index is 12.3. The molecule has 5 nitrogen and oxygen atoms in total. The third-order valence-corrected chi connectivity index (χ3v) is 6.04. The molecule has 0 aromatic heterocycles. The van der Waals surface area contributed by atoms with Crippen LogP contribution in [0.25, 0.3) is 0 Å². The van der Waals surface area contributed by atoms with Crippen molar-refractivity contribution in [1.82, 2.24) is 0 Å². The molecule has 0 aliphatic heterocycles. The molecule has 1 rings (SSSR count). The van der Waals surface area contributed by atoms with Crippen LogP contribution in [0.15, 0.2) is 12.2 Å². The van der Waals surface area contributed by atoms with E-state index in [9.17, 15) is 19.8 Å². The van der Waals surface area contributed by atoms with Gasteiger partial charge >= 0.3 is 5.97 Å². The fraction of sp³-hybridized carbons (Fsp3) is 0.826. The van der Waals surface area contributed by atoms with E-state index in [1.54, 1.807) is 0 Å². The van der Waals surface area contributed by atoms with Crippen LogP contribution in [-0.4, -0.2) is 41.3 Å². The van der Waals surface area contributed by atoms with E-state index in [1.807, 2.05) is 26.0 Å². The minimum atomic E-state index is -0.628. The number of hydrogen-bond acceptors (Lipinski definition) is 5. The minimum absolute atomic E-state index is 0.140. The van der Waals surface area contributed by atoms with Gasteiger partial charge in [0.1, 0.15) is 5.78 Å². The van der Waals surface area contributed by atoms with Crippen molar-refractivity contribution in [3.05, 3.63) is 12.2 Å². The normalized spacial score (nSPS) is 24.1. The number of carbonyl (C=O) groups excluding carboxylic acids is 2. The van der Waals surface area contributed by atoms with Gasteiger partial charge in [-0.15, -0.1) is 0 Å². The average Bonchev–Trinajstić information content (AvgIpc) is 2.93. The Morgan fingerprint density at radius 3 is 2.57 bits per heavy atom. The van der Waals surface area contributed by atoms with Crippen LogP contribution in [0.3, 0.4) is 0 Å². The fourth-order valence-electron chi connectivity index (χ4n) is 3.92. The van der Waals surface area contributed by atoms with Crippen molar-refractivity contribution in [3.8, 4) is 0 Å².